The van der Waals surface area contributed by atoms with Crippen LogP contribution in [0.4, 0.5) is 0 Å². The first-order valence-corrected chi connectivity index (χ1v) is 8.30. The van der Waals surface area contributed by atoms with E-state index in [1.165, 1.54) is 0 Å². The van der Waals surface area contributed by atoms with Crippen molar-refractivity contribution in [3.8, 4) is 0 Å². The van der Waals surface area contributed by atoms with Crippen LogP contribution in [-0.2, 0) is 30.9 Å². The van der Waals surface area contributed by atoms with Crippen LogP contribution in [-0.4, -0.2) is 43.2 Å². The first kappa shape index (κ1) is 16.5. The van der Waals surface area contributed by atoms with Crippen LogP contribution in [0.25, 0.3) is 10.9 Å². The van der Waals surface area contributed by atoms with Crippen LogP contribution >= 0.6 is 0 Å². The number of benzene rings is 1. The number of aromatic nitrogens is 1. The van der Waals surface area contributed by atoms with Crippen LogP contribution in [0.1, 0.15) is 25.1 Å². The average Bonchev–Trinajstić information content (AvgIpc) is 2.83. The highest BCUT2D eigenvalue weighted by Crippen LogP contribution is 2.36. The average molecular weight is 330 g/mol. The molecule has 3 rings (SSSR count). The van der Waals surface area contributed by atoms with E-state index in [0.29, 0.717) is 12.2 Å². The largest absolute Gasteiger partial charge is 0.465 e. The summed E-state index contributed by atoms with van der Waals surface area (Å²) < 4.78 is 10.5. The Balaban J connectivity index is 2.25. The van der Waals surface area contributed by atoms with Crippen LogP contribution in [0.5, 0.6) is 0 Å². The molecular weight excluding hydrogens is 308 g/mol. The van der Waals surface area contributed by atoms with Crippen LogP contribution in [0.2, 0.25) is 0 Å². The summed E-state index contributed by atoms with van der Waals surface area (Å²) in [6, 6.07) is 7.81. The molecule has 1 aliphatic rings. The Morgan fingerprint density at radius 1 is 1.12 bits per heavy atom. The fourth-order valence-electron chi connectivity index (χ4n) is 3.34. The molecule has 24 heavy (non-hydrogen) atoms. The van der Waals surface area contributed by atoms with Gasteiger partial charge in [0.1, 0.15) is 0 Å². The standard InChI is InChI=1S/C18H22N2O4/c1-3-23-16(21)18(17(22)24-4-2)11-19-10-9-13-12-7-5-6-8-14(12)20-15(13)18/h5-8,19-20H,3-4,9-11H2,1-2H3. The van der Waals surface area contributed by atoms with Crippen molar-refractivity contribution in [3.63, 3.8) is 0 Å². The van der Waals surface area contributed by atoms with Gasteiger partial charge in [0, 0.05) is 23.1 Å². The summed E-state index contributed by atoms with van der Waals surface area (Å²) in [6.45, 7) is 4.70. The van der Waals surface area contributed by atoms with Gasteiger partial charge in [-0.25, -0.2) is 0 Å². The third kappa shape index (κ3) is 2.47. The van der Waals surface area contributed by atoms with Gasteiger partial charge in [-0.15, -0.1) is 0 Å². The number of H-pyrrole nitrogens is 1. The van der Waals surface area contributed by atoms with E-state index in [4.69, 9.17) is 9.47 Å². The molecule has 128 valence electrons. The fraction of sp³-hybridized carbons (Fsp3) is 0.444. The van der Waals surface area contributed by atoms with Crippen LogP contribution in [0.15, 0.2) is 24.3 Å². The number of carbonyl (C=O) groups is 2. The number of carbonyl (C=O) groups excluding carboxylic acids is 2. The summed E-state index contributed by atoms with van der Waals surface area (Å²) in [5.41, 5.74) is 0.960. The Labute approximate surface area is 140 Å². The second kappa shape index (κ2) is 6.65. The lowest BCUT2D eigenvalue weighted by atomic mass is 9.82. The summed E-state index contributed by atoms with van der Waals surface area (Å²) in [6.07, 6.45) is 0.722. The van der Waals surface area contributed by atoms with Gasteiger partial charge in [0.15, 0.2) is 0 Å². The van der Waals surface area contributed by atoms with Crippen molar-refractivity contribution in [3.05, 3.63) is 35.5 Å². The lowest BCUT2D eigenvalue weighted by Crippen LogP contribution is -2.52. The van der Waals surface area contributed by atoms with E-state index in [1.54, 1.807) is 13.8 Å². The van der Waals surface area contributed by atoms with Crippen molar-refractivity contribution < 1.29 is 19.1 Å². The minimum atomic E-state index is -1.50. The van der Waals surface area contributed by atoms with Gasteiger partial charge in [-0.05, 0) is 38.4 Å². The normalized spacial score (nSPS) is 16.2. The number of esters is 2. The fourth-order valence-corrected chi connectivity index (χ4v) is 3.34. The first-order valence-electron chi connectivity index (χ1n) is 8.30. The number of hydrogen-bond donors (Lipinski definition) is 2. The van der Waals surface area contributed by atoms with Gasteiger partial charge in [0.05, 0.1) is 13.2 Å². The molecule has 6 nitrogen and oxygen atoms in total. The first-order chi connectivity index (χ1) is 11.6. The van der Waals surface area contributed by atoms with Crippen molar-refractivity contribution in [2.24, 2.45) is 0 Å². The molecule has 0 fully saturated rings. The maximum Gasteiger partial charge on any atom is 0.330 e. The molecule has 1 aliphatic heterocycles. The Bertz CT molecular complexity index is 747. The lowest BCUT2D eigenvalue weighted by Gasteiger charge is -2.28. The highest BCUT2D eigenvalue weighted by atomic mass is 16.6. The summed E-state index contributed by atoms with van der Waals surface area (Å²) in [5, 5.41) is 4.22. The Morgan fingerprint density at radius 3 is 2.46 bits per heavy atom. The molecule has 0 spiro atoms. The maximum absolute atomic E-state index is 12.8. The van der Waals surface area contributed by atoms with E-state index in [-0.39, 0.29) is 19.8 Å². The predicted molar refractivity (Wildman–Crippen MR) is 89.8 cm³/mol. The van der Waals surface area contributed by atoms with E-state index >= 15 is 0 Å². The maximum atomic E-state index is 12.8. The molecule has 2 N–H and O–H groups in total. The molecular formula is C18H22N2O4. The van der Waals surface area contributed by atoms with Crippen molar-refractivity contribution in [2.45, 2.75) is 25.7 Å². The monoisotopic (exact) mass is 330 g/mol. The summed E-state index contributed by atoms with van der Waals surface area (Å²) in [7, 11) is 0. The highest BCUT2D eigenvalue weighted by molar-refractivity contribution is 6.08. The molecule has 0 bridgehead atoms. The van der Waals surface area contributed by atoms with E-state index in [0.717, 1.165) is 22.9 Å². The summed E-state index contributed by atoms with van der Waals surface area (Å²) in [4.78, 5) is 29.0. The molecule has 0 saturated carbocycles. The molecule has 0 radical (unpaired) electrons. The topological polar surface area (TPSA) is 80.4 Å². The van der Waals surface area contributed by atoms with Gasteiger partial charge in [0.2, 0.25) is 5.41 Å². The minimum Gasteiger partial charge on any atom is -0.465 e. The third-order valence-corrected chi connectivity index (χ3v) is 4.43. The van der Waals surface area contributed by atoms with Crippen LogP contribution in [0.3, 0.4) is 0 Å². The molecule has 0 amide bonds. The van der Waals surface area contributed by atoms with Gasteiger partial charge >= 0.3 is 11.9 Å². The molecule has 0 unspecified atom stereocenters. The van der Waals surface area contributed by atoms with Crippen molar-refractivity contribution in [1.82, 2.24) is 10.3 Å². The molecule has 2 aromatic rings. The number of hydrogen-bond acceptors (Lipinski definition) is 5. The second-order valence-electron chi connectivity index (χ2n) is 5.80. The van der Waals surface area contributed by atoms with Gasteiger partial charge in [-0.1, -0.05) is 18.2 Å². The molecule has 0 atom stereocenters. The quantitative estimate of drug-likeness (QED) is 0.658. The van der Waals surface area contributed by atoms with Crippen LogP contribution < -0.4 is 5.32 Å². The number of aromatic amines is 1. The number of fused-ring (bicyclic) bond motifs is 3. The van der Waals surface area contributed by atoms with Crippen molar-refractivity contribution in [1.29, 1.82) is 0 Å². The Hall–Kier alpha value is -2.34. The molecule has 1 aromatic heterocycles. The smallest absolute Gasteiger partial charge is 0.330 e. The second-order valence-corrected chi connectivity index (χ2v) is 5.80. The van der Waals surface area contributed by atoms with Crippen molar-refractivity contribution in [2.75, 3.05) is 26.3 Å². The van der Waals surface area contributed by atoms with E-state index in [2.05, 4.69) is 10.3 Å². The van der Waals surface area contributed by atoms with E-state index in [9.17, 15) is 9.59 Å². The van der Waals surface area contributed by atoms with Gasteiger partial charge in [-0.2, -0.15) is 0 Å². The highest BCUT2D eigenvalue weighted by Gasteiger charge is 2.53. The molecule has 2 heterocycles. The Morgan fingerprint density at radius 2 is 1.79 bits per heavy atom. The number of rotatable bonds is 4. The minimum absolute atomic E-state index is 0.157. The number of para-hydroxylation sites is 1. The third-order valence-electron chi connectivity index (χ3n) is 4.43. The zero-order valence-electron chi connectivity index (χ0n) is 14.0. The molecule has 0 aliphatic carbocycles. The Kier molecular flexibility index (Phi) is 4.57. The summed E-state index contributed by atoms with van der Waals surface area (Å²) >= 11 is 0. The predicted octanol–water partition coefficient (Wildman–Crippen LogP) is 1.68. The zero-order chi connectivity index (χ0) is 17.2. The summed E-state index contributed by atoms with van der Waals surface area (Å²) in [5.74, 6) is -1.16. The lowest BCUT2D eigenvalue weighted by molar-refractivity contribution is -0.164. The zero-order valence-corrected chi connectivity index (χ0v) is 14.0. The number of ether oxygens (including phenoxy) is 2. The van der Waals surface area contributed by atoms with Crippen molar-refractivity contribution >= 4 is 22.8 Å². The molecule has 6 heteroatoms. The molecule has 1 aromatic carbocycles. The SMILES string of the molecule is CCOC(=O)C1(C(=O)OCC)CNCCc2c1[nH]c1ccccc21. The van der Waals surface area contributed by atoms with E-state index < -0.39 is 17.4 Å². The van der Waals surface area contributed by atoms with E-state index in [1.807, 2.05) is 24.3 Å². The number of nitrogens with one attached hydrogen (secondary N) is 2. The van der Waals surface area contributed by atoms with Gasteiger partial charge < -0.3 is 19.8 Å². The molecule has 0 saturated heterocycles. The van der Waals surface area contributed by atoms with Gasteiger partial charge in [0.25, 0.3) is 0 Å². The van der Waals surface area contributed by atoms with Crippen LogP contribution in [0, 0.1) is 0 Å². The van der Waals surface area contributed by atoms with Gasteiger partial charge in [-0.3, -0.25) is 9.59 Å².